The van der Waals surface area contributed by atoms with Crippen molar-refractivity contribution in [2.75, 3.05) is 13.2 Å². The number of carbonyl (C=O) groups excluding carboxylic acids is 2. The summed E-state index contributed by atoms with van der Waals surface area (Å²) in [7, 11) is 0. The lowest BCUT2D eigenvalue weighted by Gasteiger charge is -2.15. The highest BCUT2D eigenvalue weighted by atomic mass is 16.6. The number of nitrogens with one attached hydrogen (secondary N) is 1. The van der Waals surface area contributed by atoms with Gasteiger partial charge in [0.05, 0.1) is 13.2 Å². The van der Waals surface area contributed by atoms with E-state index in [0.717, 1.165) is 5.56 Å². The van der Waals surface area contributed by atoms with Gasteiger partial charge in [0.25, 0.3) is 0 Å². The molecule has 1 amide bonds. The number of aliphatic hydroxyl groups excluding tert-OH is 1. The highest BCUT2D eigenvalue weighted by molar-refractivity contribution is 5.81. The smallest absolute Gasteiger partial charge is 0.407 e. The minimum absolute atomic E-state index is 0.0840. The maximum Gasteiger partial charge on any atom is 0.407 e. The Hall–Kier alpha value is -2.08. The second-order valence-corrected chi connectivity index (χ2v) is 3.69. The van der Waals surface area contributed by atoms with Crippen LogP contribution in [0.5, 0.6) is 0 Å². The predicted octanol–water partition coefficient (Wildman–Crippen LogP) is 0.837. The summed E-state index contributed by atoms with van der Waals surface area (Å²) < 4.78 is 9.61. The van der Waals surface area contributed by atoms with Crippen molar-refractivity contribution in [2.24, 2.45) is 0 Å². The van der Waals surface area contributed by atoms with Crippen LogP contribution in [-0.4, -0.2) is 36.4 Å². The lowest BCUT2D eigenvalue weighted by atomic mass is 10.2. The molecule has 104 valence electrons. The van der Waals surface area contributed by atoms with Crippen LogP contribution in [0.1, 0.15) is 12.5 Å². The molecule has 0 unspecified atom stereocenters. The summed E-state index contributed by atoms with van der Waals surface area (Å²) >= 11 is 0. The average Bonchev–Trinajstić information content (AvgIpc) is 2.43. The SMILES string of the molecule is CCOC(=O)N[C@@H](CO)C(=O)OCc1ccccc1. The van der Waals surface area contributed by atoms with E-state index in [9.17, 15) is 9.59 Å². The van der Waals surface area contributed by atoms with Crippen molar-refractivity contribution < 1.29 is 24.2 Å². The van der Waals surface area contributed by atoms with E-state index in [1.54, 1.807) is 19.1 Å². The van der Waals surface area contributed by atoms with Gasteiger partial charge in [-0.1, -0.05) is 30.3 Å². The number of aliphatic hydroxyl groups is 1. The fourth-order valence-electron chi connectivity index (χ4n) is 1.32. The molecule has 0 saturated heterocycles. The first-order chi connectivity index (χ1) is 9.17. The van der Waals surface area contributed by atoms with Crippen LogP contribution in [0.15, 0.2) is 30.3 Å². The van der Waals surface area contributed by atoms with Crippen molar-refractivity contribution >= 4 is 12.1 Å². The first-order valence-corrected chi connectivity index (χ1v) is 5.92. The van der Waals surface area contributed by atoms with Gasteiger partial charge in [-0.15, -0.1) is 0 Å². The van der Waals surface area contributed by atoms with Crippen molar-refractivity contribution in [1.29, 1.82) is 0 Å². The Morgan fingerprint density at radius 1 is 1.26 bits per heavy atom. The molecule has 2 N–H and O–H groups in total. The van der Waals surface area contributed by atoms with Crippen LogP contribution in [0.25, 0.3) is 0 Å². The van der Waals surface area contributed by atoms with Crippen LogP contribution in [0, 0.1) is 0 Å². The van der Waals surface area contributed by atoms with E-state index in [1.807, 2.05) is 18.2 Å². The average molecular weight is 267 g/mol. The molecule has 0 saturated carbocycles. The molecule has 0 bridgehead atoms. The van der Waals surface area contributed by atoms with Crippen LogP contribution in [0.4, 0.5) is 4.79 Å². The van der Waals surface area contributed by atoms with Crippen molar-refractivity contribution in [3.63, 3.8) is 0 Å². The topological polar surface area (TPSA) is 84.9 Å². The summed E-state index contributed by atoms with van der Waals surface area (Å²) in [5.41, 5.74) is 0.823. The Bertz CT molecular complexity index is 407. The summed E-state index contributed by atoms with van der Waals surface area (Å²) in [5.74, 6) is -0.709. The molecular formula is C13H17NO5. The zero-order valence-electron chi connectivity index (χ0n) is 10.7. The largest absolute Gasteiger partial charge is 0.459 e. The minimum atomic E-state index is -1.12. The van der Waals surface area contributed by atoms with Crippen LogP contribution in [0.3, 0.4) is 0 Å². The lowest BCUT2D eigenvalue weighted by Crippen LogP contribution is -2.44. The quantitative estimate of drug-likeness (QED) is 0.746. The van der Waals surface area contributed by atoms with Gasteiger partial charge in [-0.05, 0) is 12.5 Å². The summed E-state index contributed by atoms with van der Waals surface area (Å²) in [6.07, 6.45) is -0.766. The fourth-order valence-corrected chi connectivity index (χ4v) is 1.32. The Morgan fingerprint density at radius 3 is 2.53 bits per heavy atom. The highest BCUT2D eigenvalue weighted by Crippen LogP contribution is 2.02. The first kappa shape index (κ1) is 15.0. The van der Waals surface area contributed by atoms with Crippen molar-refractivity contribution in [1.82, 2.24) is 5.32 Å². The fraction of sp³-hybridized carbons (Fsp3) is 0.385. The van der Waals surface area contributed by atoms with E-state index in [2.05, 4.69) is 10.1 Å². The zero-order valence-corrected chi connectivity index (χ0v) is 10.7. The van der Waals surface area contributed by atoms with Gasteiger partial charge in [-0.3, -0.25) is 0 Å². The van der Waals surface area contributed by atoms with Gasteiger partial charge in [0, 0.05) is 0 Å². The number of carbonyl (C=O) groups is 2. The monoisotopic (exact) mass is 267 g/mol. The molecule has 0 aromatic heterocycles. The second kappa shape index (κ2) is 8.10. The number of alkyl carbamates (subject to hydrolysis) is 1. The van der Waals surface area contributed by atoms with E-state index in [-0.39, 0.29) is 13.2 Å². The molecule has 0 spiro atoms. The number of amides is 1. The molecular weight excluding hydrogens is 250 g/mol. The highest BCUT2D eigenvalue weighted by Gasteiger charge is 2.21. The Labute approximate surface area is 111 Å². The maximum absolute atomic E-state index is 11.6. The third-order valence-electron chi connectivity index (χ3n) is 2.26. The van der Waals surface area contributed by atoms with Gasteiger partial charge in [-0.2, -0.15) is 0 Å². The molecule has 0 aliphatic rings. The number of hydrogen-bond acceptors (Lipinski definition) is 5. The first-order valence-electron chi connectivity index (χ1n) is 5.92. The third kappa shape index (κ3) is 5.39. The van der Waals surface area contributed by atoms with Crippen LogP contribution in [0.2, 0.25) is 0 Å². The van der Waals surface area contributed by atoms with Crippen molar-refractivity contribution in [3.8, 4) is 0 Å². The number of benzene rings is 1. The van der Waals surface area contributed by atoms with Crippen LogP contribution >= 0.6 is 0 Å². The number of esters is 1. The molecule has 0 radical (unpaired) electrons. The zero-order chi connectivity index (χ0) is 14.1. The third-order valence-corrected chi connectivity index (χ3v) is 2.26. The van der Waals surface area contributed by atoms with Crippen LogP contribution < -0.4 is 5.32 Å². The molecule has 1 aromatic carbocycles. The van der Waals surface area contributed by atoms with E-state index < -0.39 is 24.7 Å². The molecule has 19 heavy (non-hydrogen) atoms. The molecule has 0 heterocycles. The van der Waals surface area contributed by atoms with E-state index in [1.165, 1.54) is 0 Å². The van der Waals surface area contributed by atoms with Crippen LogP contribution in [-0.2, 0) is 20.9 Å². The van der Waals surface area contributed by atoms with E-state index in [4.69, 9.17) is 9.84 Å². The Kier molecular flexibility index (Phi) is 6.38. The van der Waals surface area contributed by atoms with Crippen molar-refractivity contribution in [2.45, 2.75) is 19.6 Å². The lowest BCUT2D eigenvalue weighted by molar-refractivity contribution is -0.148. The van der Waals surface area contributed by atoms with Gasteiger partial charge in [0.15, 0.2) is 6.04 Å². The van der Waals surface area contributed by atoms with Gasteiger partial charge in [0.1, 0.15) is 6.61 Å². The molecule has 6 nitrogen and oxygen atoms in total. The maximum atomic E-state index is 11.6. The summed E-state index contributed by atoms with van der Waals surface area (Å²) in [4.78, 5) is 22.8. The van der Waals surface area contributed by atoms with Gasteiger partial charge in [0.2, 0.25) is 0 Å². The molecule has 0 aliphatic heterocycles. The summed E-state index contributed by atoms with van der Waals surface area (Å²) in [6, 6.07) is 7.99. The normalized spacial score (nSPS) is 11.5. The molecule has 1 rings (SSSR count). The number of ether oxygens (including phenoxy) is 2. The molecule has 0 fully saturated rings. The summed E-state index contributed by atoms with van der Waals surface area (Å²) in [6.45, 7) is 1.36. The molecule has 1 atom stereocenters. The van der Waals surface area contributed by atoms with Gasteiger partial charge in [-0.25, -0.2) is 9.59 Å². The van der Waals surface area contributed by atoms with Crippen molar-refractivity contribution in [3.05, 3.63) is 35.9 Å². The van der Waals surface area contributed by atoms with E-state index >= 15 is 0 Å². The number of rotatable bonds is 6. The van der Waals surface area contributed by atoms with Gasteiger partial charge < -0.3 is 19.9 Å². The predicted molar refractivity (Wildman–Crippen MR) is 67.3 cm³/mol. The van der Waals surface area contributed by atoms with Gasteiger partial charge >= 0.3 is 12.1 Å². The molecule has 0 aliphatic carbocycles. The minimum Gasteiger partial charge on any atom is -0.459 e. The molecule has 6 heteroatoms. The summed E-state index contributed by atoms with van der Waals surface area (Å²) in [5, 5.41) is 11.3. The Balaban J connectivity index is 2.43. The number of hydrogen-bond donors (Lipinski definition) is 2. The second-order valence-electron chi connectivity index (χ2n) is 3.69. The van der Waals surface area contributed by atoms with E-state index in [0.29, 0.717) is 0 Å². The molecule has 1 aromatic rings. The standard InChI is InChI=1S/C13H17NO5/c1-2-18-13(17)14-11(8-15)12(16)19-9-10-6-4-3-5-7-10/h3-7,11,15H,2,8-9H2,1H3,(H,14,17)/t11-/m0/s1. The Morgan fingerprint density at radius 2 is 1.95 bits per heavy atom.